The maximum absolute atomic E-state index is 14.6. The van der Waals surface area contributed by atoms with Crippen LogP contribution in [0.25, 0.3) is 0 Å². The monoisotopic (exact) mass is 526 g/mol. The Morgan fingerprint density at radius 1 is 0.722 bits per heavy atom. The topological polar surface area (TPSA) is 183 Å². The van der Waals surface area contributed by atoms with E-state index in [0.717, 1.165) is 27.7 Å². The second-order valence-corrected chi connectivity index (χ2v) is 8.11. The van der Waals surface area contributed by atoms with Crippen LogP contribution in [-0.4, -0.2) is 116 Å². The predicted octanol–water partition coefficient (Wildman–Crippen LogP) is -1.48. The number of alkyl halides is 1. The van der Waals surface area contributed by atoms with Crippen LogP contribution in [0.3, 0.4) is 0 Å². The molecule has 0 unspecified atom stereocenters. The first-order valence-electron chi connectivity index (χ1n) is 11.0. The molecule has 2 heterocycles. The van der Waals surface area contributed by atoms with Crippen LogP contribution in [0.1, 0.15) is 27.7 Å². The Hall–Kier alpha value is -2.43. The summed E-state index contributed by atoms with van der Waals surface area (Å²) in [7, 11) is 1.18. The van der Waals surface area contributed by atoms with Gasteiger partial charge in [0.1, 0.15) is 31.0 Å². The Morgan fingerprint density at radius 2 is 1.25 bits per heavy atom. The van der Waals surface area contributed by atoms with Crippen LogP contribution in [0.15, 0.2) is 0 Å². The number of carbonyl (C=O) groups excluding carboxylic acids is 4. The predicted molar refractivity (Wildman–Crippen MR) is 110 cm³/mol. The van der Waals surface area contributed by atoms with Crippen molar-refractivity contribution in [1.29, 1.82) is 0 Å². The number of hydrogen-bond acceptors (Lipinski definition) is 14. The minimum absolute atomic E-state index is 0.472. The number of methoxy groups -OCH3 is 1. The van der Waals surface area contributed by atoms with Crippen molar-refractivity contribution >= 4 is 23.9 Å². The molecular formula is C21H31FO14. The molecule has 15 heteroatoms. The van der Waals surface area contributed by atoms with E-state index < -0.39 is 98.6 Å². The molecule has 0 bridgehead atoms. The molecule has 2 fully saturated rings. The van der Waals surface area contributed by atoms with Gasteiger partial charge in [-0.25, -0.2) is 4.39 Å². The molecular weight excluding hydrogens is 495 g/mol. The lowest BCUT2D eigenvalue weighted by Crippen LogP contribution is -2.63. The molecule has 36 heavy (non-hydrogen) atoms. The third-order valence-electron chi connectivity index (χ3n) is 5.22. The summed E-state index contributed by atoms with van der Waals surface area (Å²) < 4.78 is 56.8. The molecule has 0 aromatic carbocycles. The van der Waals surface area contributed by atoms with Crippen molar-refractivity contribution in [2.45, 2.75) is 89.2 Å². The van der Waals surface area contributed by atoms with Crippen molar-refractivity contribution < 1.29 is 71.7 Å². The van der Waals surface area contributed by atoms with E-state index in [1.807, 2.05) is 0 Å². The van der Waals surface area contributed by atoms with E-state index in [4.69, 9.17) is 37.9 Å². The smallest absolute Gasteiger partial charge is 0.303 e. The molecule has 0 aliphatic carbocycles. The SMILES string of the molecule is CO[C@@H]1O[C@H](CO[C@@H]2O[C@H](COC(C)=O)[C@H](OC(C)=O)[C@H](OC(C)=O)[C@H]2OC(C)=O)[C@H](F)[C@H](O)[C@H]1O. The highest BCUT2D eigenvalue weighted by Gasteiger charge is 2.53. The van der Waals surface area contributed by atoms with Crippen LogP contribution in [-0.2, 0) is 57.1 Å². The summed E-state index contributed by atoms with van der Waals surface area (Å²) in [5.41, 5.74) is 0. The average molecular weight is 526 g/mol. The van der Waals surface area contributed by atoms with Crippen LogP contribution in [0.2, 0.25) is 0 Å². The molecule has 14 nitrogen and oxygen atoms in total. The Balaban J connectivity index is 2.33. The summed E-state index contributed by atoms with van der Waals surface area (Å²) in [6.45, 7) is 3.22. The number of aliphatic hydroxyl groups excluding tert-OH is 2. The molecule has 0 saturated carbocycles. The van der Waals surface area contributed by atoms with Gasteiger partial charge in [-0.1, -0.05) is 0 Å². The minimum Gasteiger partial charge on any atom is -0.463 e. The zero-order valence-electron chi connectivity index (χ0n) is 20.4. The van der Waals surface area contributed by atoms with Crippen molar-refractivity contribution in [3.05, 3.63) is 0 Å². The van der Waals surface area contributed by atoms with E-state index in [2.05, 4.69) is 0 Å². The molecule has 2 rings (SSSR count). The first kappa shape index (κ1) is 29.8. The summed E-state index contributed by atoms with van der Waals surface area (Å²) in [5, 5.41) is 19.8. The molecule has 0 spiro atoms. The zero-order valence-corrected chi connectivity index (χ0v) is 20.4. The van der Waals surface area contributed by atoms with Gasteiger partial charge in [0.15, 0.2) is 37.1 Å². The largest absolute Gasteiger partial charge is 0.463 e. The maximum Gasteiger partial charge on any atom is 0.303 e. The van der Waals surface area contributed by atoms with E-state index in [1.54, 1.807) is 0 Å². The molecule has 10 atom stereocenters. The normalized spacial score (nSPS) is 36.4. The van der Waals surface area contributed by atoms with E-state index in [0.29, 0.717) is 0 Å². The Bertz CT molecular complexity index is 791. The third kappa shape index (κ3) is 7.78. The number of hydrogen-bond donors (Lipinski definition) is 2. The van der Waals surface area contributed by atoms with Gasteiger partial charge in [-0.15, -0.1) is 0 Å². The minimum atomic E-state index is -2.10. The first-order valence-corrected chi connectivity index (χ1v) is 11.0. The summed E-state index contributed by atoms with van der Waals surface area (Å²) in [6, 6.07) is 0. The fourth-order valence-electron chi connectivity index (χ4n) is 3.74. The van der Waals surface area contributed by atoms with Crippen molar-refractivity contribution in [2.24, 2.45) is 0 Å². The first-order chi connectivity index (χ1) is 16.8. The summed E-state index contributed by atoms with van der Waals surface area (Å²) >= 11 is 0. The van der Waals surface area contributed by atoms with E-state index in [-0.39, 0.29) is 0 Å². The third-order valence-corrected chi connectivity index (χ3v) is 5.22. The van der Waals surface area contributed by atoms with Gasteiger partial charge in [0.05, 0.1) is 6.61 Å². The Labute approximate surface area is 205 Å². The number of carbonyl (C=O) groups is 4. The van der Waals surface area contributed by atoms with Gasteiger partial charge in [0, 0.05) is 34.8 Å². The molecule has 0 aromatic heterocycles. The molecule has 2 saturated heterocycles. The lowest BCUT2D eigenvalue weighted by atomic mass is 9.97. The molecule has 206 valence electrons. The molecule has 0 aromatic rings. The van der Waals surface area contributed by atoms with Crippen molar-refractivity contribution in [3.63, 3.8) is 0 Å². The second-order valence-electron chi connectivity index (χ2n) is 8.11. The fourth-order valence-corrected chi connectivity index (χ4v) is 3.74. The van der Waals surface area contributed by atoms with Gasteiger partial charge in [0.2, 0.25) is 0 Å². The van der Waals surface area contributed by atoms with Crippen molar-refractivity contribution in [1.82, 2.24) is 0 Å². The highest BCUT2D eigenvalue weighted by Crippen LogP contribution is 2.31. The fraction of sp³-hybridized carbons (Fsp3) is 0.810. The number of rotatable bonds is 9. The van der Waals surface area contributed by atoms with Crippen LogP contribution >= 0.6 is 0 Å². The molecule has 0 amide bonds. The van der Waals surface area contributed by atoms with E-state index >= 15 is 0 Å². The molecule has 2 aliphatic rings. The lowest BCUT2D eigenvalue weighted by Gasteiger charge is -2.44. The summed E-state index contributed by atoms with van der Waals surface area (Å²) in [6.07, 6.45) is -15.6. The van der Waals surface area contributed by atoms with Gasteiger partial charge in [-0.2, -0.15) is 0 Å². The van der Waals surface area contributed by atoms with Gasteiger partial charge in [0.25, 0.3) is 0 Å². The van der Waals surface area contributed by atoms with Gasteiger partial charge < -0.3 is 48.1 Å². The standard InChI is InChI=1S/C21H31FO14/c1-8(23)30-7-13-17(32-9(2)24)18(33-10(3)25)19(34-11(4)26)21(36-13)31-6-12-14(22)15(27)16(28)20(29-5)35-12/h12-21,27-28H,6-7H2,1-5H3/t12-,13-,14+,15+,16-,17+,18+,19-,20-,21-/m1/s1. The Morgan fingerprint density at radius 3 is 1.78 bits per heavy atom. The molecule has 2 aliphatic heterocycles. The number of ether oxygens (including phenoxy) is 8. The second kappa shape index (κ2) is 13.2. The number of esters is 4. The van der Waals surface area contributed by atoms with Crippen molar-refractivity contribution in [2.75, 3.05) is 20.3 Å². The van der Waals surface area contributed by atoms with Gasteiger partial charge in [-0.3, -0.25) is 19.2 Å². The maximum atomic E-state index is 14.6. The molecule has 0 radical (unpaired) electrons. The lowest BCUT2D eigenvalue weighted by molar-refractivity contribution is -0.327. The van der Waals surface area contributed by atoms with E-state index in [1.165, 1.54) is 7.11 Å². The van der Waals surface area contributed by atoms with Gasteiger partial charge >= 0.3 is 23.9 Å². The summed E-state index contributed by atoms with van der Waals surface area (Å²) in [4.78, 5) is 46.8. The van der Waals surface area contributed by atoms with Crippen molar-refractivity contribution in [3.8, 4) is 0 Å². The Kier molecular flexibility index (Phi) is 10.9. The van der Waals surface area contributed by atoms with Gasteiger partial charge in [-0.05, 0) is 0 Å². The van der Waals surface area contributed by atoms with E-state index in [9.17, 15) is 33.8 Å². The van der Waals surface area contributed by atoms with Crippen LogP contribution < -0.4 is 0 Å². The highest BCUT2D eigenvalue weighted by atomic mass is 19.1. The number of aliphatic hydroxyl groups is 2. The van der Waals surface area contributed by atoms with Crippen LogP contribution in [0.5, 0.6) is 0 Å². The quantitative estimate of drug-likeness (QED) is 0.262. The zero-order chi connectivity index (χ0) is 27.2. The highest BCUT2D eigenvalue weighted by molar-refractivity contribution is 5.68. The van der Waals surface area contributed by atoms with Crippen LogP contribution in [0, 0.1) is 0 Å². The molecule has 2 N–H and O–H groups in total. The summed E-state index contributed by atoms with van der Waals surface area (Å²) in [5.74, 6) is -3.17. The average Bonchev–Trinajstić information content (AvgIpc) is 2.78. The van der Waals surface area contributed by atoms with Crippen LogP contribution in [0.4, 0.5) is 4.39 Å². The number of halogens is 1.